The molecule has 1 aromatic rings. The van der Waals surface area contributed by atoms with Gasteiger partial charge in [0.1, 0.15) is 12.2 Å². The Morgan fingerprint density at radius 2 is 1.54 bits per heavy atom. The molecule has 0 aromatic carbocycles. The summed E-state index contributed by atoms with van der Waals surface area (Å²) < 4.78 is 122. The van der Waals surface area contributed by atoms with E-state index in [2.05, 4.69) is 60.5 Å². The molecule has 274 valence electrons. The molecule has 4 N–H and O–H groups in total. The Bertz CT molecular complexity index is 1740. The molecule has 1 aromatic heterocycles. The molecule has 4 aliphatic carbocycles. The second-order valence-corrected chi connectivity index (χ2v) is 19.1. The van der Waals surface area contributed by atoms with Crippen LogP contribution < -0.4 is 0 Å². The summed E-state index contributed by atoms with van der Waals surface area (Å²) in [6, 6.07) is 2.01. The number of hydrogen-bond acceptors (Lipinski definition) is 11. The van der Waals surface area contributed by atoms with Crippen molar-refractivity contribution in [2.75, 3.05) is 0 Å². The van der Waals surface area contributed by atoms with Crippen molar-refractivity contribution in [3.8, 4) is 0 Å². The maximum Gasteiger partial charge on any atom is 0.397 e. The van der Waals surface area contributed by atoms with Gasteiger partial charge in [-0.1, -0.05) is 46.3 Å². The van der Waals surface area contributed by atoms with Gasteiger partial charge in [0.2, 0.25) is 0 Å². The van der Waals surface area contributed by atoms with Gasteiger partial charge < -0.3 is 9.52 Å². The molecule has 12 unspecified atom stereocenters. The van der Waals surface area contributed by atoms with E-state index in [4.69, 9.17) is 12.8 Å². The summed E-state index contributed by atoms with van der Waals surface area (Å²) in [5.41, 5.74) is 0.0429. The van der Waals surface area contributed by atoms with Gasteiger partial charge in [0, 0.05) is 11.5 Å². The predicted octanol–water partition coefficient (Wildman–Crippen LogP) is 5.13. The third-order valence-corrected chi connectivity index (χ3v) is 14.9. The monoisotopic (exact) mass is 852 g/mol. The first kappa shape index (κ1) is 38.5. The average molecular weight is 853 g/mol. The molecule has 12 atom stereocenters. The molecule has 0 amide bonds. The molecule has 14 nitrogen and oxygen atoms in total. The van der Waals surface area contributed by atoms with Crippen molar-refractivity contribution in [3.63, 3.8) is 0 Å². The van der Waals surface area contributed by atoms with Crippen LogP contribution in [0.25, 0.3) is 0 Å². The van der Waals surface area contributed by atoms with Crippen LogP contribution in [0.3, 0.4) is 0 Å². The quantitative estimate of drug-likeness (QED) is 0.129. The number of allylic oxidation sites excluding steroid dienone is 2. The van der Waals surface area contributed by atoms with Gasteiger partial charge in [0.15, 0.2) is 3.77 Å². The number of aliphatic hydroxyl groups is 1. The maximum atomic E-state index is 12.2. The van der Waals surface area contributed by atoms with Crippen molar-refractivity contribution >= 4 is 53.8 Å². The molecular weight excluding hydrogens is 807 g/mol. The van der Waals surface area contributed by atoms with Crippen LogP contribution in [0.1, 0.15) is 91.0 Å². The fourth-order valence-corrected chi connectivity index (χ4v) is 12.6. The molecule has 0 spiro atoms. The lowest BCUT2D eigenvalue weighted by Gasteiger charge is -2.63. The predicted molar refractivity (Wildman–Crippen MR) is 179 cm³/mol. The summed E-state index contributed by atoms with van der Waals surface area (Å²) in [6.07, 6.45) is 0.464. The van der Waals surface area contributed by atoms with E-state index >= 15 is 0 Å². The topological polar surface area (TPSA) is 224 Å². The largest absolute Gasteiger partial charge is 0.458 e. The molecule has 3 fully saturated rings. The smallest absolute Gasteiger partial charge is 0.397 e. The van der Waals surface area contributed by atoms with Crippen molar-refractivity contribution in [2.45, 2.75) is 110 Å². The zero-order valence-corrected chi connectivity index (χ0v) is 32.0. The highest BCUT2D eigenvalue weighted by Crippen LogP contribution is 2.72. The highest BCUT2D eigenvalue weighted by Gasteiger charge is 2.68. The number of fused-ring (bicyclic) bond motifs is 5. The highest BCUT2D eigenvalue weighted by atomic mass is 127. The number of halogens is 1. The first-order chi connectivity index (χ1) is 21.9. The summed E-state index contributed by atoms with van der Waals surface area (Å²) in [6.45, 7) is 10.5. The van der Waals surface area contributed by atoms with E-state index in [-0.39, 0.29) is 24.2 Å². The summed E-state index contributed by atoms with van der Waals surface area (Å²) >= 11 is 2.20. The standard InChI is InChI=1S/C30H45IO14S3/c1-16(18-10-13-42-27(18)31)6-7-17(2)19-8-11-30(5)21-14-22(43-46(33,34)35)24-25(32)26(45-48(39,40)41)23(44-47(36,37)38)15-28(24,3)20(21)9-12-29(19,30)4/h9-10,13,16-17,19,21-26,32H,6-8,11-12,14-15H2,1-5H3,(H,33,34,35)(H,36,37,38)(H,39,40,41). The molecule has 0 aliphatic heterocycles. The number of furan rings is 1. The number of rotatable bonds is 11. The van der Waals surface area contributed by atoms with E-state index in [9.17, 15) is 44.0 Å². The Kier molecular flexibility index (Phi) is 10.5. The lowest BCUT2D eigenvalue weighted by molar-refractivity contribution is -0.179. The second kappa shape index (κ2) is 13.1. The van der Waals surface area contributed by atoms with Crippen molar-refractivity contribution in [1.82, 2.24) is 0 Å². The van der Waals surface area contributed by atoms with Gasteiger partial charge >= 0.3 is 31.2 Å². The minimum atomic E-state index is -5.29. The van der Waals surface area contributed by atoms with E-state index < -0.39 is 72.4 Å². The molecule has 0 radical (unpaired) electrons. The summed E-state index contributed by atoms with van der Waals surface area (Å²) in [5, 5.41) is 11.6. The molecule has 4 aliphatic rings. The van der Waals surface area contributed by atoms with Gasteiger partial charge in [-0.05, 0) is 114 Å². The van der Waals surface area contributed by atoms with Gasteiger partial charge in [-0.2, -0.15) is 25.3 Å². The molecular formula is C30H45IO14S3. The third-order valence-electron chi connectivity index (χ3n) is 12.6. The van der Waals surface area contributed by atoms with E-state index in [1.165, 1.54) is 5.56 Å². The van der Waals surface area contributed by atoms with E-state index in [1.54, 1.807) is 13.2 Å². The first-order valence-corrected chi connectivity index (χ1v) is 21.2. The van der Waals surface area contributed by atoms with Crippen LogP contribution in [0, 0.1) is 43.7 Å². The Balaban J connectivity index is 1.52. The van der Waals surface area contributed by atoms with Crippen LogP contribution in [0.5, 0.6) is 0 Å². The molecule has 5 rings (SSSR count). The Hall–Kier alpha value is -0.680. The van der Waals surface area contributed by atoms with Crippen molar-refractivity contribution < 1.29 is 61.0 Å². The molecule has 48 heavy (non-hydrogen) atoms. The zero-order chi connectivity index (χ0) is 35.8. The maximum absolute atomic E-state index is 12.2. The third kappa shape index (κ3) is 7.18. The number of aliphatic hydroxyl groups excluding tert-OH is 1. The van der Waals surface area contributed by atoms with E-state index in [1.807, 2.05) is 6.07 Å². The van der Waals surface area contributed by atoms with Crippen LogP contribution in [0.2, 0.25) is 0 Å². The van der Waals surface area contributed by atoms with Gasteiger partial charge in [-0.3, -0.25) is 13.7 Å². The molecule has 1 heterocycles. The van der Waals surface area contributed by atoms with Gasteiger partial charge in [-0.15, -0.1) is 0 Å². The van der Waals surface area contributed by atoms with Crippen LogP contribution in [-0.4, -0.2) is 68.4 Å². The molecule has 3 saturated carbocycles. The molecule has 18 heteroatoms. The van der Waals surface area contributed by atoms with Crippen LogP contribution in [0.4, 0.5) is 0 Å². The zero-order valence-electron chi connectivity index (χ0n) is 27.4. The highest BCUT2D eigenvalue weighted by molar-refractivity contribution is 14.1. The fraction of sp³-hybridized carbons (Fsp3) is 0.800. The van der Waals surface area contributed by atoms with Gasteiger partial charge in [-0.25, -0.2) is 12.5 Å². The minimum absolute atomic E-state index is 0.0362. The second-order valence-electron chi connectivity index (χ2n) is 15.0. The lowest BCUT2D eigenvalue weighted by Crippen LogP contribution is -2.65. The Morgan fingerprint density at radius 1 is 0.938 bits per heavy atom. The fourth-order valence-electron chi connectivity index (χ4n) is 10.3. The normalized spacial score (nSPS) is 40.0. The van der Waals surface area contributed by atoms with Gasteiger partial charge in [0.25, 0.3) is 0 Å². The number of hydrogen-bond donors (Lipinski definition) is 4. The van der Waals surface area contributed by atoms with E-state index in [0.29, 0.717) is 24.2 Å². The molecule has 0 bridgehead atoms. The Morgan fingerprint density at radius 3 is 2.10 bits per heavy atom. The Labute approximate surface area is 296 Å². The lowest BCUT2D eigenvalue weighted by atomic mass is 9.43. The van der Waals surface area contributed by atoms with Crippen LogP contribution in [0.15, 0.2) is 28.4 Å². The summed E-state index contributed by atoms with van der Waals surface area (Å²) in [4.78, 5) is 0. The van der Waals surface area contributed by atoms with Crippen LogP contribution >= 0.6 is 22.6 Å². The van der Waals surface area contributed by atoms with Gasteiger partial charge in [0.05, 0.1) is 18.5 Å². The van der Waals surface area contributed by atoms with Crippen molar-refractivity contribution in [1.29, 1.82) is 0 Å². The molecule has 0 saturated heterocycles. The van der Waals surface area contributed by atoms with E-state index in [0.717, 1.165) is 35.0 Å². The van der Waals surface area contributed by atoms with Crippen molar-refractivity contribution in [3.05, 3.63) is 33.3 Å². The summed E-state index contributed by atoms with van der Waals surface area (Å²) in [5.74, 6) is -0.633. The average Bonchev–Trinajstić information content (AvgIpc) is 3.47. The first-order valence-electron chi connectivity index (χ1n) is 16.0. The van der Waals surface area contributed by atoms with Crippen molar-refractivity contribution in [2.24, 2.45) is 39.9 Å². The summed E-state index contributed by atoms with van der Waals surface area (Å²) in [7, 11) is -15.6. The minimum Gasteiger partial charge on any atom is -0.458 e. The SMILES string of the molecule is CC(CCC(C)C1CCC2(C)C3CC(OS(=O)(=O)O)C4C(O)C(OS(=O)(=O)O)C(OS(=O)(=O)O)CC4(C)C3=CCC12C)c1ccoc1I. The van der Waals surface area contributed by atoms with Crippen LogP contribution in [-0.2, 0) is 43.7 Å².